The van der Waals surface area contributed by atoms with Gasteiger partial charge in [0.25, 0.3) is 0 Å². The Labute approximate surface area is 110 Å². The number of aryl methyl sites for hydroxylation is 1. The molecule has 0 bridgehead atoms. The van der Waals surface area contributed by atoms with Gasteiger partial charge in [0.05, 0.1) is 0 Å². The smallest absolute Gasteiger partial charge is 0.202 e. The highest BCUT2D eigenvalue weighted by Gasteiger charge is 2.09. The average Bonchev–Trinajstić information content (AvgIpc) is 2.75. The van der Waals surface area contributed by atoms with Crippen molar-refractivity contribution in [2.24, 2.45) is 5.92 Å². The van der Waals surface area contributed by atoms with Crippen molar-refractivity contribution in [2.75, 3.05) is 11.9 Å². The van der Waals surface area contributed by atoms with E-state index in [1.807, 2.05) is 6.92 Å². The van der Waals surface area contributed by atoms with Crippen LogP contribution in [0, 0.1) is 18.7 Å². The largest absolute Gasteiger partial charge is 0.360 e. The van der Waals surface area contributed by atoms with Gasteiger partial charge in [0.2, 0.25) is 5.13 Å². The molecule has 0 radical (unpaired) electrons. The summed E-state index contributed by atoms with van der Waals surface area (Å²) in [5, 5.41) is 4.04. The Kier molecular flexibility index (Phi) is 3.91. The Morgan fingerprint density at radius 1 is 1.39 bits per heavy atom. The molecular weight excluding hydrogens is 249 g/mol. The Morgan fingerprint density at radius 2 is 2.17 bits per heavy atom. The van der Waals surface area contributed by atoms with Crippen molar-refractivity contribution in [3.63, 3.8) is 0 Å². The maximum Gasteiger partial charge on any atom is 0.202 e. The lowest BCUT2D eigenvalue weighted by Crippen LogP contribution is -2.07. The summed E-state index contributed by atoms with van der Waals surface area (Å²) in [6.45, 7) is 7.01. The minimum Gasteiger partial charge on any atom is -0.360 e. The number of benzene rings is 1. The van der Waals surface area contributed by atoms with Crippen LogP contribution in [0.2, 0.25) is 0 Å². The molecule has 0 spiro atoms. The number of anilines is 1. The summed E-state index contributed by atoms with van der Waals surface area (Å²) < 4.78 is 17.3. The van der Waals surface area contributed by atoms with Crippen LogP contribution in [0.1, 0.15) is 19.4 Å². The van der Waals surface area contributed by atoms with Crippen molar-refractivity contribution >= 4 is 16.7 Å². The number of nitrogens with zero attached hydrogens (tertiary/aromatic N) is 2. The van der Waals surface area contributed by atoms with Crippen LogP contribution in [-0.4, -0.2) is 15.9 Å². The predicted octanol–water partition coefficient (Wildman–Crippen LogP) is 3.72. The summed E-state index contributed by atoms with van der Waals surface area (Å²) >= 11 is 1.33. The van der Waals surface area contributed by atoms with Crippen LogP contribution in [0.15, 0.2) is 18.2 Å². The molecule has 0 amide bonds. The normalized spacial score (nSPS) is 10.9. The molecule has 0 saturated heterocycles. The zero-order chi connectivity index (χ0) is 13.1. The van der Waals surface area contributed by atoms with E-state index in [1.54, 1.807) is 6.07 Å². The van der Waals surface area contributed by atoms with E-state index >= 15 is 0 Å². The molecule has 0 atom stereocenters. The number of hydrogen-bond donors (Lipinski definition) is 1. The molecular formula is C13H16FN3S. The monoisotopic (exact) mass is 265 g/mol. The van der Waals surface area contributed by atoms with Crippen LogP contribution in [0.5, 0.6) is 0 Å². The first-order valence-electron chi connectivity index (χ1n) is 5.90. The molecule has 0 unspecified atom stereocenters. The molecule has 18 heavy (non-hydrogen) atoms. The van der Waals surface area contributed by atoms with Crippen LogP contribution in [0.3, 0.4) is 0 Å². The maximum atomic E-state index is 13.0. The summed E-state index contributed by atoms with van der Waals surface area (Å²) in [4.78, 5) is 4.42. The molecule has 0 fully saturated rings. The molecule has 96 valence electrons. The molecule has 2 rings (SSSR count). The van der Waals surface area contributed by atoms with Crippen molar-refractivity contribution in [3.05, 3.63) is 29.6 Å². The van der Waals surface area contributed by atoms with Gasteiger partial charge in [-0.05, 0) is 36.6 Å². The van der Waals surface area contributed by atoms with Gasteiger partial charge in [0, 0.05) is 23.6 Å². The molecule has 1 heterocycles. The van der Waals surface area contributed by atoms with Crippen LogP contribution in [-0.2, 0) is 0 Å². The van der Waals surface area contributed by atoms with E-state index in [2.05, 4.69) is 28.5 Å². The van der Waals surface area contributed by atoms with E-state index in [4.69, 9.17) is 0 Å². The third kappa shape index (κ3) is 3.04. The Hall–Kier alpha value is -1.49. The molecule has 1 aromatic heterocycles. The van der Waals surface area contributed by atoms with Gasteiger partial charge < -0.3 is 5.32 Å². The van der Waals surface area contributed by atoms with Gasteiger partial charge >= 0.3 is 0 Å². The van der Waals surface area contributed by atoms with Crippen LogP contribution in [0.4, 0.5) is 9.52 Å². The van der Waals surface area contributed by atoms with Crippen molar-refractivity contribution < 1.29 is 4.39 Å². The van der Waals surface area contributed by atoms with Gasteiger partial charge in [-0.3, -0.25) is 0 Å². The second-order valence-corrected chi connectivity index (χ2v) is 5.41. The summed E-state index contributed by atoms with van der Waals surface area (Å²) in [7, 11) is 0. The third-order valence-corrected chi connectivity index (χ3v) is 3.19. The van der Waals surface area contributed by atoms with Gasteiger partial charge in [0.15, 0.2) is 5.82 Å². The van der Waals surface area contributed by atoms with Crippen molar-refractivity contribution in [2.45, 2.75) is 20.8 Å². The van der Waals surface area contributed by atoms with E-state index in [9.17, 15) is 4.39 Å². The highest BCUT2D eigenvalue weighted by atomic mass is 32.1. The number of hydrogen-bond acceptors (Lipinski definition) is 4. The Bertz CT molecular complexity index is 537. The molecule has 2 aromatic rings. The van der Waals surface area contributed by atoms with E-state index in [0.29, 0.717) is 11.7 Å². The zero-order valence-electron chi connectivity index (χ0n) is 10.7. The fourth-order valence-electron chi connectivity index (χ4n) is 1.57. The molecule has 5 heteroatoms. The summed E-state index contributed by atoms with van der Waals surface area (Å²) in [6.07, 6.45) is 0. The van der Waals surface area contributed by atoms with Crippen molar-refractivity contribution in [3.8, 4) is 11.4 Å². The molecule has 3 nitrogen and oxygen atoms in total. The summed E-state index contributed by atoms with van der Waals surface area (Å²) in [5.74, 6) is 0.985. The van der Waals surface area contributed by atoms with E-state index < -0.39 is 0 Å². The van der Waals surface area contributed by atoms with Gasteiger partial charge in [-0.25, -0.2) is 4.39 Å². The number of rotatable bonds is 4. The Morgan fingerprint density at radius 3 is 2.83 bits per heavy atom. The van der Waals surface area contributed by atoms with Crippen LogP contribution in [0.25, 0.3) is 11.4 Å². The predicted molar refractivity (Wildman–Crippen MR) is 73.4 cm³/mol. The Balaban J connectivity index is 2.18. The van der Waals surface area contributed by atoms with Gasteiger partial charge in [-0.1, -0.05) is 13.8 Å². The standard InChI is InChI=1S/C13H16FN3S/c1-8(2)7-15-13-16-12(17-18-13)11-5-4-10(14)6-9(11)3/h4-6,8H,7H2,1-3H3,(H,15,16,17). The minimum absolute atomic E-state index is 0.232. The lowest BCUT2D eigenvalue weighted by atomic mass is 10.1. The third-order valence-electron chi connectivity index (χ3n) is 2.52. The minimum atomic E-state index is -0.232. The molecule has 1 aromatic carbocycles. The number of aromatic nitrogens is 2. The zero-order valence-corrected chi connectivity index (χ0v) is 11.5. The maximum absolute atomic E-state index is 13.0. The molecule has 1 N–H and O–H groups in total. The highest BCUT2D eigenvalue weighted by molar-refractivity contribution is 7.09. The SMILES string of the molecule is Cc1cc(F)ccc1-c1nsc(NCC(C)C)n1. The topological polar surface area (TPSA) is 37.8 Å². The fraction of sp³-hybridized carbons (Fsp3) is 0.385. The number of halogens is 1. The average molecular weight is 265 g/mol. The second-order valence-electron chi connectivity index (χ2n) is 4.66. The van der Waals surface area contributed by atoms with Crippen LogP contribution >= 0.6 is 11.5 Å². The molecule has 0 aliphatic rings. The fourth-order valence-corrected chi connectivity index (χ4v) is 2.16. The summed E-state index contributed by atoms with van der Waals surface area (Å²) in [5.41, 5.74) is 1.73. The highest BCUT2D eigenvalue weighted by Crippen LogP contribution is 2.24. The van der Waals surface area contributed by atoms with E-state index in [-0.39, 0.29) is 5.82 Å². The number of nitrogens with one attached hydrogen (secondary N) is 1. The van der Waals surface area contributed by atoms with Crippen molar-refractivity contribution in [1.29, 1.82) is 0 Å². The lowest BCUT2D eigenvalue weighted by molar-refractivity contribution is 0.627. The van der Waals surface area contributed by atoms with Crippen LogP contribution < -0.4 is 5.32 Å². The molecule has 0 saturated carbocycles. The van der Waals surface area contributed by atoms with E-state index in [0.717, 1.165) is 22.8 Å². The van der Waals surface area contributed by atoms with Crippen molar-refractivity contribution in [1.82, 2.24) is 9.36 Å². The quantitative estimate of drug-likeness (QED) is 0.915. The molecule has 0 aliphatic carbocycles. The first kappa shape index (κ1) is 13.0. The lowest BCUT2D eigenvalue weighted by Gasteiger charge is -2.04. The first-order valence-corrected chi connectivity index (χ1v) is 6.67. The molecule has 0 aliphatic heterocycles. The first-order chi connectivity index (χ1) is 8.56. The van der Waals surface area contributed by atoms with Gasteiger partial charge in [0.1, 0.15) is 5.82 Å². The summed E-state index contributed by atoms with van der Waals surface area (Å²) in [6, 6.07) is 4.65. The van der Waals surface area contributed by atoms with Gasteiger partial charge in [-0.15, -0.1) is 0 Å². The van der Waals surface area contributed by atoms with E-state index in [1.165, 1.54) is 23.7 Å². The van der Waals surface area contributed by atoms with Gasteiger partial charge in [-0.2, -0.15) is 9.36 Å². The second kappa shape index (κ2) is 5.44.